The molecule has 2 atom stereocenters. The molecule has 0 aromatic carbocycles. The summed E-state index contributed by atoms with van der Waals surface area (Å²) in [6.07, 6.45) is 7.46. The second-order valence-corrected chi connectivity index (χ2v) is 2.95. The Morgan fingerprint density at radius 3 is 3.00 bits per heavy atom. The van der Waals surface area contributed by atoms with E-state index in [1.165, 1.54) is 6.42 Å². The van der Waals surface area contributed by atoms with Gasteiger partial charge in [0.1, 0.15) is 0 Å². The van der Waals surface area contributed by atoms with Gasteiger partial charge < -0.3 is 0 Å². The minimum absolute atomic E-state index is 0.690. The molecular weight excluding hydrogens is 122 g/mol. The molecule has 10 heavy (non-hydrogen) atoms. The van der Waals surface area contributed by atoms with Crippen molar-refractivity contribution < 1.29 is 0 Å². The highest BCUT2D eigenvalue weighted by molar-refractivity contribution is 5.71. The van der Waals surface area contributed by atoms with Gasteiger partial charge >= 0.3 is 0 Å². The molecule has 1 heterocycles. The fourth-order valence-electron chi connectivity index (χ4n) is 1.17. The van der Waals surface area contributed by atoms with Crippen molar-refractivity contribution in [2.45, 2.75) is 20.3 Å². The van der Waals surface area contributed by atoms with Crippen LogP contribution in [0.2, 0.25) is 0 Å². The highest BCUT2D eigenvalue weighted by Gasteiger charge is 2.12. The van der Waals surface area contributed by atoms with Crippen LogP contribution in [0.5, 0.6) is 0 Å². The monoisotopic (exact) mass is 137 g/mol. The van der Waals surface area contributed by atoms with E-state index >= 15 is 0 Å². The van der Waals surface area contributed by atoms with Crippen LogP contribution in [0.15, 0.2) is 17.1 Å². The first-order valence-corrected chi connectivity index (χ1v) is 4.01. The summed E-state index contributed by atoms with van der Waals surface area (Å²) >= 11 is 0. The molecule has 0 saturated carbocycles. The summed E-state index contributed by atoms with van der Waals surface area (Å²) < 4.78 is 0. The number of rotatable bonds is 2. The van der Waals surface area contributed by atoms with Crippen LogP contribution in [0.4, 0.5) is 0 Å². The zero-order valence-corrected chi connectivity index (χ0v) is 6.75. The van der Waals surface area contributed by atoms with Gasteiger partial charge in [0.05, 0.1) is 0 Å². The minimum Gasteiger partial charge on any atom is -0.293 e. The van der Waals surface area contributed by atoms with Crippen molar-refractivity contribution >= 4 is 6.21 Å². The lowest BCUT2D eigenvalue weighted by Gasteiger charge is -2.18. The van der Waals surface area contributed by atoms with Crippen molar-refractivity contribution in [2.24, 2.45) is 16.8 Å². The summed E-state index contributed by atoms with van der Waals surface area (Å²) in [7, 11) is 0. The zero-order chi connectivity index (χ0) is 7.40. The Hall–Kier alpha value is -0.590. The number of dihydropyridines is 1. The zero-order valence-electron chi connectivity index (χ0n) is 6.75. The molecule has 1 nitrogen and oxygen atoms in total. The van der Waals surface area contributed by atoms with Crippen LogP contribution in [0, 0.1) is 11.8 Å². The Morgan fingerprint density at radius 2 is 2.50 bits per heavy atom. The smallest absolute Gasteiger partial charge is 0.0454 e. The molecule has 0 aliphatic carbocycles. The van der Waals surface area contributed by atoms with E-state index in [1.807, 2.05) is 6.21 Å². The average Bonchev–Trinajstić information content (AvgIpc) is 2.05. The highest BCUT2D eigenvalue weighted by atomic mass is 14.7. The van der Waals surface area contributed by atoms with Crippen molar-refractivity contribution in [1.82, 2.24) is 0 Å². The highest BCUT2D eigenvalue weighted by Crippen LogP contribution is 2.18. The van der Waals surface area contributed by atoms with E-state index in [0.29, 0.717) is 5.92 Å². The Morgan fingerprint density at radius 1 is 1.70 bits per heavy atom. The molecule has 1 heteroatoms. The fourth-order valence-corrected chi connectivity index (χ4v) is 1.17. The maximum absolute atomic E-state index is 4.22. The molecule has 56 valence electrons. The Labute approximate surface area is 62.9 Å². The van der Waals surface area contributed by atoms with Crippen molar-refractivity contribution in [2.75, 3.05) is 6.54 Å². The first kappa shape index (κ1) is 7.52. The van der Waals surface area contributed by atoms with E-state index in [9.17, 15) is 0 Å². The average molecular weight is 137 g/mol. The van der Waals surface area contributed by atoms with Gasteiger partial charge in [0, 0.05) is 12.8 Å². The standard InChI is InChI=1S/C9H15N/c1-3-8(2)9-5-4-6-10-7-9/h4-6,8-9H,3,7H2,1-2H3. The molecular formula is C9H15N. The van der Waals surface area contributed by atoms with Gasteiger partial charge in [-0.15, -0.1) is 0 Å². The van der Waals surface area contributed by atoms with Gasteiger partial charge in [0.2, 0.25) is 0 Å². The topological polar surface area (TPSA) is 12.4 Å². The Balaban J connectivity index is 2.42. The summed E-state index contributed by atoms with van der Waals surface area (Å²) in [5.74, 6) is 1.48. The number of allylic oxidation sites excluding steroid dienone is 1. The molecule has 0 fully saturated rings. The van der Waals surface area contributed by atoms with Gasteiger partial charge in [0.25, 0.3) is 0 Å². The van der Waals surface area contributed by atoms with Crippen LogP contribution >= 0.6 is 0 Å². The van der Waals surface area contributed by atoms with E-state index in [4.69, 9.17) is 0 Å². The number of hydrogen-bond acceptors (Lipinski definition) is 1. The van der Waals surface area contributed by atoms with Crippen molar-refractivity contribution in [3.05, 3.63) is 12.2 Å². The SMILES string of the molecule is CCC(C)C1C=CC=NC1. The third-order valence-corrected chi connectivity index (χ3v) is 2.24. The van der Waals surface area contributed by atoms with Crippen LogP contribution in [0.25, 0.3) is 0 Å². The molecule has 1 rings (SSSR count). The Kier molecular flexibility index (Phi) is 2.67. The molecule has 0 radical (unpaired) electrons. The van der Waals surface area contributed by atoms with Crippen molar-refractivity contribution in [3.8, 4) is 0 Å². The van der Waals surface area contributed by atoms with Crippen molar-refractivity contribution in [1.29, 1.82) is 0 Å². The first-order valence-electron chi connectivity index (χ1n) is 4.01. The predicted octanol–water partition coefficient (Wildman–Crippen LogP) is 2.29. The summed E-state index contributed by atoms with van der Waals surface area (Å²) in [6.45, 7) is 5.51. The summed E-state index contributed by atoms with van der Waals surface area (Å²) in [5, 5.41) is 0. The van der Waals surface area contributed by atoms with Gasteiger partial charge in [0.15, 0.2) is 0 Å². The first-order chi connectivity index (χ1) is 4.84. The van der Waals surface area contributed by atoms with E-state index in [1.54, 1.807) is 0 Å². The van der Waals surface area contributed by atoms with Crippen LogP contribution in [0.1, 0.15) is 20.3 Å². The number of nitrogens with zero attached hydrogens (tertiary/aromatic N) is 1. The third-order valence-electron chi connectivity index (χ3n) is 2.24. The molecule has 0 saturated heterocycles. The van der Waals surface area contributed by atoms with Crippen LogP contribution in [-0.4, -0.2) is 12.8 Å². The fraction of sp³-hybridized carbons (Fsp3) is 0.667. The van der Waals surface area contributed by atoms with E-state index in [2.05, 4.69) is 31.0 Å². The minimum atomic E-state index is 0.690. The summed E-state index contributed by atoms with van der Waals surface area (Å²) in [4.78, 5) is 4.22. The molecule has 1 aliphatic heterocycles. The van der Waals surface area contributed by atoms with Crippen molar-refractivity contribution in [3.63, 3.8) is 0 Å². The molecule has 0 aromatic heterocycles. The van der Waals surface area contributed by atoms with Gasteiger partial charge in [-0.3, -0.25) is 4.99 Å². The molecule has 0 N–H and O–H groups in total. The van der Waals surface area contributed by atoms with Crippen LogP contribution in [0.3, 0.4) is 0 Å². The molecule has 1 aliphatic rings. The lowest BCUT2D eigenvalue weighted by molar-refractivity contribution is 0.423. The van der Waals surface area contributed by atoms with Crippen LogP contribution in [-0.2, 0) is 0 Å². The van der Waals surface area contributed by atoms with E-state index in [-0.39, 0.29) is 0 Å². The largest absolute Gasteiger partial charge is 0.293 e. The van der Waals surface area contributed by atoms with Gasteiger partial charge in [-0.05, 0) is 17.9 Å². The normalized spacial score (nSPS) is 26.8. The molecule has 0 bridgehead atoms. The number of aliphatic imine (C=N–C) groups is 1. The third kappa shape index (κ3) is 1.69. The Bertz CT molecular complexity index is 147. The van der Waals surface area contributed by atoms with E-state index < -0.39 is 0 Å². The molecule has 0 amide bonds. The predicted molar refractivity (Wildman–Crippen MR) is 45.4 cm³/mol. The summed E-state index contributed by atoms with van der Waals surface area (Å²) in [6, 6.07) is 0. The van der Waals surface area contributed by atoms with Gasteiger partial charge in [-0.1, -0.05) is 26.3 Å². The lowest BCUT2D eigenvalue weighted by Crippen LogP contribution is -2.13. The van der Waals surface area contributed by atoms with Gasteiger partial charge in [-0.2, -0.15) is 0 Å². The second kappa shape index (κ2) is 3.55. The lowest BCUT2D eigenvalue weighted by atomic mass is 9.91. The maximum Gasteiger partial charge on any atom is 0.0454 e. The second-order valence-electron chi connectivity index (χ2n) is 2.95. The summed E-state index contributed by atoms with van der Waals surface area (Å²) in [5.41, 5.74) is 0. The van der Waals surface area contributed by atoms with E-state index in [0.717, 1.165) is 12.5 Å². The molecule has 0 spiro atoms. The number of hydrogen-bond donors (Lipinski definition) is 0. The van der Waals surface area contributed by atoms with Gasteiger partial charge in [-0.25, -0.2) is 0 Å². The molecule has 0 aromatic rings. The van der Waals surface area contributed by atoms with Crippen LogP contribution < -0.4 is 0 Å². The quantitative estimate of drug-likeness (QED) is 0.553. The maximum atomic E-state index is 4.22. The molecule has 2 unspecified atom stereocenters.